The molecule has 88 valence electrons. The summed E-state index contributed by atoms with van der Waals surface area (Å²) >= 11 is 1.41. The molecule has 0 radical (unpaired) electrons. The molecule has 1 saturated carbocycles. The standard InChI is InChI=1S/C9H15N5OS/c1-3-13(2)8(15)6-16-9-10-11-12-14(9)7-4-5-7/h7H,3-6H2,1-2H3. The highest BCUT2D eigenvalue weighted by Gasteiger charge is 2.28. The van der Waals surface area contributed by atoms with Crippen molar-refractivity contribution < 1.29 is 4.79 Å². The van der Waals surface area contributed by atoms with Crippen molar-refractivity contribution in [3.63, 3.8) is 0 Å². The van der Waals surface area contributed by atoms with Crippen molar-refractivity contribution >= 4 is 17.7 Å². The van der Waals surface area contributed by atoms with Crippen LogP contribution in [0.25, 0.3) is 0 Å². The number of nitrogens with zero attached hydrogens (tertiary/aromatic N) is 5. The van der Waals surface area contributed by atoms with Gasteiger partial charge in [-0.1, -0.05) is 11.8 Å². The van der Waals surface area contributed by atoms with Crippen molar-refractivity contribution in [3.8, 4) is 0 Å². The first-order chi connectivity index (χ1) is 7.72. The van der Waals surface area contributed by atoms with Gasteiger partial charge in [0.15, 0.2) is 0 Å². The third-order valence-electron chi connectivity index (χ3n) is 2.58. The number of hydrogen-bond acceptors (Lipinski definition) is 5. The monoisotopic (exact) mass is 241 g/mol. The molecule has 0 unspecified atom stereocenters. The van der Waals surface area contributed by atoms with Crippen LogP contribution in [0, 0.1) is 0 Å². The summed E-state index contributed by atoms with van der Waals surface area (Å²) in [6.07, 6.45) is 2.28. The van der Waals surface area contributed by atoms with Gasteiger partial charge in [-0.25, -0.2) is 4.68 Å². The van der Waals surface area contributed by atoms with E-state index in [1.165, 1.54) is 11.8 Å². The van der Waals surface area contributed by atoms with Crippen LogP contribution in [0.2, 0.25) is 0 Å². The van der Waals surface area contributed by atoms with E-state index in [0.29, 0.717) is 11.8 Å². The van der Waals surface area contributed by atoms with Gasteiger partial charge < -0.3 is 4.90 Å². The fourth-order valence-electron chi connectivity index (χ4n) is 1.24. The molecule has 2 rings (SSSR count). The lowest BCUT2D eigenvalue weighted by molar-refractivity contribution is -0.126. The van der Waals surface area contributed by atoms with Crippen LogP contribution in [-0.2, 0) is 4.79 Å². The minimum Gasteiger partial charge on any atom is -0.345 e. The van der Waals surface area contributed by atoms with Crippen molar-refractivity contribution in [2.75, 3.05) is 19.3 Å². The summed E-state index contributed by atoms with van der Waals surface area (Å²) in [7, 11) is 1.80. The van der Waals surface area contributed by atoms with E-state index in [-0.39, 0.29) is 5.91 Å². The largest absolute Gasteiger partial charge is 0.345 e. The van der Waals surface area contributed by atoms with Crippen molar-refractivity contribution in [1.82, 2.24) is 25.1 Å². The van der Waals surface area contributed by atoms with Crippen LogP contribution in [0.3, 0.4) is 0 Å². The summed E-state index contributed by atoms with van der Waals surface area (Å²) in [5.74, 6) is 0.509. The fraction of sp³-hybridized carbons (Fsp3) is 0.778. The molecule has 0 saturated heterocycles. The SMILES string of the molecule is CCN(C)C(=O)CSc1nnnn1C1CC1. The topological polar surface area (TPSA) is 63.9 Å². The zero-order chi connectivity index (χ0) is 11.5. The zero-order valence-corrected chi connectivity index (χ0v) is 10.3. The van der Waals surface area contributed by atoms with E-state index in [1.54, 1.807) is 11.9 Å². The maximum absolute atomic E-state index is 11.6. The average Bonchev–Trinajstić information content (AvgIpc) is 3.04. The summed E-state index contributed by atoms with van der Waals surface area (Å²) < 4.78 is 1.82. The second-order valence-corrected chi connectivity index (χ2v) is 4.78. The van der Waals surface area contributed by atoms with Crippen molar-refractivity contribution in [2.45, 2.75) is 31.0 Å². The van der Waals surface area contributed by atoms with Crippen LogP contribution in [0.15, 0.2) is 5.16 Å². The van der Waals surface area contributed by atoms with E-state index in [9.17, 15) is 4.79 Å². The first-order valence-corrected chi connectivity index (χ1v) is 6.35. The smallest absolute Gasteiger partial charge is 0.232 e. The van der Waals surface area contributed by atoms with Crippen LogP contribution in [0.4, 0.5) is 0 Å². The summed E-state index contributed by atoms with van der Waals surface area (Å²) in [4.78, 5) is 13.3. The number of aromatic nitrogens is 4. The molecule has 0 aliphatic heterocycles. The average molecular weight is 241 g/mol. The fourth-order valence-corrected chi connectivity index (χ4v) is 2.13. The minimum absolute atomic E-state index is 0.109. The van der Waals surface area contributed by atoms with Gasteiger partial charge in [-0.2, -0.15) is 0 Å². The van der Waals surface area contributed by atoms with Gasteiger partial charge in [-0.15, -0.1) is 5.10 Å². The van der Waals surface area contributed by atoms with Crippen molar-refractivity contribution in [2.24, 2.45) is 0 Å². The third kappa shape index (κ3) is 2.52. The third-order valence-corrected chi connectivity index (χ3v) is 3.50. The molecule has 1 amide bonds. The molecule has 1 aromatic rings. The summed E-state index contributed by atoms with van der Waals surface area (Å²) in [6.45, 7) is 2.68. The zero-order valence-electron chi connectivity index (χ0n) is 9.46. The van der Waals surface area contributed by atoms with Gasteiger partial charge >= 0.3 is 0 Å². The highest BCUT2D eigenvalue weighted by molar-refractivity contribution is 7.99. The van der Waals surface area contributed by atoms with Crippen LogP contribution >= 0.6 is 11.8 Å². The lowest BCUT2D eigenvalue weighted by atomic mass is 10.5. The Balaban J connectivity index is 1.89. The van der Waals surface area contributed by atoms with E-state index >= 15 is 0 Å². The molecule has 1 aliphatic rings. The second-order valence-electron chi connectivity index (χ2n) is 3.83. The number of hydrogen-bond donors (Lipinski definition) is 0. The van der Waals surface area contributed by atoms with Crippen LogP contribution in [0.5, 0.6) is 0 Å². The van der Waals surface area contributed by atoms with E-state index in [0.717, 1.165) is 24.5 Å². The Hall–Kier alpha value is -1.11. The summed E-state index contributed by atoms with van der Waals surface area (Å²) in [5, 5.41) is 12.3. The normalized spacial score (nSPS) is 15.1. The molecule has 0 aromatic carbocycles. The number of carbonyl (C=O) groups is 1. The predicted molar refractivity (Wildman–Crippen MR) is 60.1 cm³/mol. The number of thioether (sulfide) groups is 1. The summed E-state index contributed by atoms with van der Waals surface area (Å²) in [6, 6.07) is 0.455. The second kappa shape index (κ2) is 4.82. The number of rotatable bonds is 5. The molecule has 0 spiro atoms. The van der Waals surface area contributed by atoms with Crippen LogP contribution < -0.4 is 0 Å². The van der Waals surface area contributed by atoms with Gasteiger partial charge in [0.2, 0.25) is 11.1 Å². The van der Waals surface area contributed by atoms with Crippen LogP contribution in [-0.4, -0.2) is 50.4 Å². The van der Waals surface area contributed by atoms with Gasteiger partial charge in [0.25, 0.3) is 0 Å². The van der Waals surface area contributed by atoms with Gasteiger partial charge in [0, 0.05) is 13.6 Å². The molecule has 0 bridgehead atoms. The van der Waals surface area contributed by atoms with E-state index in [4.69, 9.17) is 0 Å². The Morgan fingerprint density at radius 3 is 3.00 bits per heavy atom. The highest BCUT2D eigenvalue weighted by atomic mass is 32.2. The number of amides is 1. The van der Waals surface area contributed by atoms with Crippen molar-refractivity contribution in [1.29, 1.82) is 0 Å². The Morgan fingerprint density at radius 1 is 1.62 bits per heavy atom. The molecular weight excluding hydrogens is 226 g/mol. The first-order valence-electron chi connectivity index (χ1n) is 5.37. The quantitative estimate of drug-likeness (QED) is 0.705. The van der Waals surface area contributed by atoms with E-state index in [1.807, 2.05) is 11.6 Å². The van der Waals surface area contributed by atoms with Gasteiger partial charge in [0.1, 0.15) is 0 Å². The molecule has 1 aromatic heterocycles. The summed E-state index contributed by atoms with van der Waals surface area (Å²) in [5.41, 5.74) is 0. The Kier molecular flexibility index (Phi) is 3.42. The van der Waals surface area contributed by atoms with E-state index in [2.05, 4.69) is 15.5 Å². The van der Waals surface area contributed by atoms with Crippen LogP contribution in [0.1, 0.15) is 25.8 Å². The predicted octanol–water partition coefficient (Wildman–Crippen LogP) is 0.578. The van der Waals surface area contributed by atoms with Gasteiger partial charge in [-0.3, -0.25) is 4.79 Å². The molecule has 0 N–H and O–H groups in total. The maximum Gasteiger partial charge on any atom is 0.232 e. The number of carbonyl (C=O) groups excluding carboxylic acids is 1. The lowest BCUT2D eigenvalue weighted by Crippen LogP contribution is -2.27. The molecule has 1 aliphatic carbocycles. The number of tetrazole rings is 1. The molecular formula is C9H15N5OS. The molecule has 6 nitrogen and oxygen atoms in total. The Bertz CT molecular complexity index is 376. The lowest BCUT2D eigenvalue weighted by Gasteiger charge is -2.13. The van der Waals surface area contributed by atoms with Crippen molar-refractivity contribution in [3.05, 3.63) is 0 Å². The van der Waals surface area contributed by atoms with E-state index < -0.39 is 0 Å². The Morgan fingerprint density at radius 2 is 2.38 bits per heavy atom. The highest BCUT2D eigenvalue weighted by Crippen LogP contribution is 2.36. The molecule has 1 heterocycles. The van der Waals surface area contributed by atoms with Gasteiger partial charge in [-0.05, 0) is 30.2 Å². The Labute approximate surface area is 98.4 Å². The minimum atomic E-state index is 0.109. The maximum atomic E-state index is 11.6. The first kappa shape index (κ1) is 11.4. The molecule has 1 fully saturated rings. The molecule has 16 heavy (non-hydrogen) atoms. The van der Waals surface area contributed by atoms with Gasteiger partial charge in [0.05, 0.1) is 11.8 Å². The molecule has 7 heteroatoms. The molecule has 0 atom stereocenters.